The summed E-state index contributed by atoms with van der Waals surface area (Å²) in [5.74, 6) is 0. The van der Waals surface area contributed by atoms with Gasteiger partial charge in [0.05, 0.1) is 15.6 Å². The van der Waals surface area contributed by atoms with Crippen LogP contribution in [0.5, 0.6) is 0 Å². The Kier molecular flexibility index (Phi) is 5.09. The molecule has 108 valence electrons. The second-order valence-corrected chi connectivity index (χ2v) is 7.95. The molecule has 0 aliphatic heterocycles. The van der Waals surface area contributed by atoms with Gasteiger partial charge in [-0.1, -0.05) is 11.6 Å². The zero-order valence-corrected chi connectivity index (χ0v) is 14.5. The van der Waals surface area contributed by atoms with E-state index in [1.54, 1.807) is 29.6 Å². The van der Waals surface area contributed by atoms with E-state index in [1.807, 2.05) is 7.05 Å². The van der Waals surface area contributed by atoms with Gasteiger partial charge in [-0.15, -0.1) is 11.3 Å². The van der Waals surface area contributed by atoms with Crippen LogP contribution in [0.3, 0.4) is 0 Å². The number of hydrogen-bond acceptors (Lipinski definition) is 4. The van der Waals surface area contributed by atoms with Gasteiger partial charge in [-0.3, -0.25) is 4.72 Å². The molecule has 2 N–H and O–H groups in total. The molecule has 0 bridgehead atoms. The van der Waals surface area contributed by atoms with Gasteiger partial charge in [0.2, 0.25) is 0 Å². The van der Waals surface area contributed by atoms with E-state index in [1.165, 1.54) is 11.3 Å². The smallest absolute Gasteiger partial charge is 0.262 e. The van der Waals surface area contributed by atoms with Crippen LogP contribution in [0, 0.1) is 0 Å². The summed E-state index contributed by atoms with van der Waals surface area (Å²) in [6, 6.07) is 6.56. The lowest BCUT2D eigenvalue weighted by Gasteiger charge is -2.07. The Bertz CT molecular complexity index is 716. The zero-order valence-electron chi connectivity index (χ0n) is 10.5. The Hall–Kier alpha value is -0.600. The quantitative estimate of drug-likeness (QED) is 0.812. The molecule has 1 aromatic carbocycles. The number of thiophene rings is 1. The molecule has 0 amide bonds. The molecule has 0 aliphatic rings. The summed E-state index contributed by atoms with van der Waals surface area (Å²) in [7, 11) is -1.77. The molecule has 0 saturated heterocycles. The van der Waals surface area contributed by atoms with Crippen molar-refractivity contribution >= 4 is 54.6 Å². The van der Waals surface area contributed by atoms with E-state index in [-0.39, 0.29) is 4.90 Å². The molecule has 0 radical (unpaired) electrons. The molecular formula is C12H12BrClN2O2S2. The van der Waals surface area contributed by atoms with Crippen LogP contribution in [-0.4, -0.2) is 15.5 Å². The fourth-order valence-electron chi connectivity index (χ4n) is 1.54. The van der Waals surface area contributed by atoms with Crippen LogP contribution < -0.4 is 10.0 Å². The number of benzene rings is 1. The minimum absolute atomic E-state index is 0.256. The lowest BCUT2D eigenvalue weighted by molar-refractivity contribution is 0.601. The van der Waals surface area contributed by atoms with Crippen molar-refractivity contribution in [2.75, 3.05) is 11.8 Å². The maximum absolute atomic E-state index is 12.2. The van der Waals surface area contributed by atoms with Crippen molar-refractivity contribution in [2.45, 2.75) is 11.4 Å². The first kappa shape index (κ1) is 15.8. The average Bonchev–Trinajstić information content (AvgIpc) is 2.83. The van der Waals surface area contributed by atoms with Crippen LogP contribution in [0.4, 0.5) is 5.69 Å². The van der Waals surface area contributed by atoms with Crippen molar-refractivity contribution in [3.05, 3.63) is 44.0 Å². The second kappa shape index (κ2) is 6.44. The summed E-state index contributed by atoms with van der Waals surface area (Å²) in [6.07, 6.45) is 0. The maximum atomic E-state index is 12.2. The fourth-order valence-corrected chi connectivity index (χ4v) is 4.31. The van der Waals surface area contributed by atoms with Crippen molar-refractivity contribution in [1.82, 2.24) is 5.32 Å². The van der Waals surface area contributed by atoms with Crippen molar-refractivity contribution in [3.63, 3.8) is 0 Å². The van der Waals surface area contributed by atoms with E-state index < -0.39 is 10.0 Å². The third-order valence-electron chi connectivity index (χ3n) is 2.46. The molecule has 0 spiro atoms. The Morgan fingerprint density at radius 1 is 1.35 bits per heavy atom. The SMILES string of the molecule is CNCc1cc(S(=O)(=O)Nc2ccc(Br)c(Cl)c2)cs1. The topological polar surface area (TPSA) is 58.2 Å². The molecule has 0 unspecified atom stereocenters. The van der Waals surface area contributed by atoms with Crippen molar-refractivity contribution in [2.24, 2.45) is 0 Å². The number of nitrogens with one attached hydrogen (secondary N) is 2. The van der Waals surface area contributed by atoms with E-state index in [2.05, 4.69) is 26.0 Å². The second-order valence-electron chi connectivity index (χ2n) is 4.01. The van der Waals surface area contributed by atoms with Gasteiger partial charge in [-0.2, -0.15) is 0 Å². The van der Waals surface area contributed by atoms with Crippen LogP contribution >= 0.6 is 38.9 Å². The highest BCUT2D eigenvalue weighted by Crippen LogP contribution is 2.27. The highest BCUT2D eigenvalue weighted by Gasteiger charge is 2.16. The molecule has 0 aliphatic carbocycles. The first-order valence-electron chi connectivity index (χ1n) is 5.62. The largest absolute Gasteiger partial charge is 0.315 e. The molecule has 0 fully saturated rings. The minimum Gasteiger partial charge on any atom is -0.315 e. The van der Waals surface area contributed by atoms with Gasteiger partial charge < -0.3 is 5.32 Å². The molecule has 20 heavy (non-hydrogen) atoms. The van der Waals surface area contributed by atoms with Crippen LogP contribution in [-0.2, 0) is 16.6 Å². The summed E-state index contributed by atoms with van der Waals surface area (Å²) in [5, 5.41) is 5.06. The van der Waals surface area contributed by atoms with Crippen LogP contribution in [0.15, 0.2) is 39.0 Å². The molecule has 4 nitrogen and oxygen atoms in total. The van der Waals surface area contributed by atoms with Gasteiger partial charge in [0.15, 0.2) is 0 Å². The number of hydrogen-bond donors (Lipinski definition) is 2. The van der Waals surface area contributed by atoms with Crippen LogP contribution in [0.25, 0.3) is 0 Å². The lowest BCUT2D eigenvalue weighted by Crippen LogP contribution is -2.12. The number of halogens is 2. The zero-order chi connectivity index (χ0) is 14.8. The normalized spacial score (nSPS) is 11.6. The maximum Gasteiger partial charge on any atom is 0.262 e. The first-order valence-corrected chi connectivity index (χ1v) is 9.15. The van der Waals surface area contributed by atoms with Crippen molar-refractivity contribution in [3.8, 4) is 0 Å². The Labute approximate surface area is 135 Å². The van der Waals surface area contributed by atoms with E-state index in [0.29, 0.717) is 21.7 Å². The summed E-state index contributed by atoms with van der Waals surface area (Å²) >= 11 is 10.6. The van der Waals surface area contributed by atoms with Gasteiger partial charge in [0, 0.05) is 21.3 Å². The van der Waals surface area contributed by atoms with Crippen LogP contribution in [0.2, 0.25) is 5.02 Å². The summed E-state index contributed by atoms with van der Waals surface area (Å²) in [4.78, 5) is 1.22. The highest BCUT2D eigenvalue weighted by molar-refractivity contribution is 9.10. The standard InChI is InChI=1S/C12H12BrClN2O2S2/c1-15-6-9-5-10(7-19-9)20(17,18)16-8-2-3-11(13)12(14)4-8/h2-5,7,15-16H,6H2,1H3. The molecule has 2 aromatic rings. The molecule has 1 aromatic heterocycles. The molecular weight excluding hydrogens is 384 g/mol. The number of sulfonamides is 1. The van der Waals surface area contributed by atoms with Gasteiger partial charge >= 0.3 is 0 Å². The van der Waals surface area contributed by atoms with Crippen LogP contribution in [0.1, 0.15) is 4.88 Å². The van der Waals surface area contributed by atoms with Crippen molar-refractivity contribution < 1.29 is 8.42 Å². The third kappa shape index (κ3) is 3.73. The highest BCUT2D eigenvalue weighted by atomic mass is 79.9. The molecule has 0 atom stereocenters. The average molecular weight is 396 g/mol. The van der Waals surface area contributed by atoms with E-state index in [0.717, 1.165) is 4.88 Å². The Balaban J connectivity index is 2.23. The van der Waals surface area contributed by atoms with E-state index >= 15 is 0 Å². The van der Waals surface area contributed by atoms with Gasteiger partial charge in [0.1, 0.15) is 0 Å². The van der Waals surface area contributed by atoms with Gasteiger partial charge in [-0.05, 0) is 47.2 Å². The first-order chi connectivity index (χ1) is 9.42. The van der Waals surface area contributed by atoms with Gasteiger partial charge in [0.25, 0.3) is 10.0 Å². The van der Waals surface area contributed by atoms with Crippen molar-refractivity contribution in [1.29, 1.82) is 0 Å². The predicted octanol–water partition coefficient (Wildman–Crippen LogP) is 3.68. The Morgan fingerprint density at radius 3 is 2.75 bits per heavy atom. The van der Waals surface area contributed by atoms with E-state index in [4.69, 9.17) is 11.6 Å². The lowest BCUT2D eigenvalue weighted by atomic mass is 10.3. The predicted molar refractivity (Wildman–Crippen MR) is 87.0 cm³/mol. The number of anilines is 1. The minimum atomic E-state index is -3.58. The molecule has 2 rings (SSSR count). The molecule has 0 saturated carbocycles. The van der Waals surface area contributed by atoms with Gasteiger partial charge in [-0.25, -0.2) is 8.42 Å². The third-order valence-corrected chi connectivity index (χ3v) is 6.14. The number of rotatable bonds is 5. The Morgan fingerprint density at radius 2 is 2.10 bits per heavy atom. The molecule has 8 heteroatoms. The summed E-state index contributed by atoms with van der Waals surface area (Å²) < 4.78 is 27.7. The summed E-state index contributed by atoms with van der Waals surface area (Å²) in [5.41, 5.74) is 0.430. The molecule has 1 heterocycles. The monoisotopic (exact) mass is 394 g/mol. The van der Waals surface area contributed by atoms with E-state index in [9.17, 15) is 8.42 Å². The summed E-state index contributed by atoms with van der Waals surface area (Å²) in [6.45, 7) is 0.643. The fraction of sp³-hybridized carbons (Fsp3) is 0.167.